The minimum atomic E-state index is -0.473. The molecule has 0 saturated carbocycles. The van der Waals surface area contributed by atoms with Gasteiger partial charge in [0.05, 0.1) is 0 Å². The molecule has 0 atom stereocenters. The number of hydrogen-bond donors (Lipinski definition) is 3. The fourth-order valence-corrected chi connectivity index (χ4v) is 1.93. The number of aromatic nitrogens is 4. The van der Waals surface area contributed by atoms with Gasteiger partial charge >= 0.3 is 0 Å². The molecule has 0 aliphatic heterocycles. The van der Waals surface area contributed by atoms with Crippen molar-refractivity contribution in [2.75, 3.05) is 5.32 Å². The van der Waals surface area contributed by atoms with Gasteiger partial charge in [-0.15, -0.1) is 0 Å². The van der Waals surface area contributed by atoms with E-state index in [-0.39, 0.29) is 0 Å². The Morgan fingerprint density at radius 2 is 2.20 bits per heavy atom. The van der Waals surface area contributed by atoms with Crippen molar-refractivity contribution < 1.29 is 4.79 Å². The second-order valence-electron chi connectivity index (χ2n) is 4.31. The SMILES string of the molecule is Cc1nc2ncnc(Nc3cccc(C(N)=O)c3)c2[nH]1. The van der Waals surface area contributed by atoms with E-state index in [9.17, 15) is 4.79 Å². The number of anilines is 2. The van der Waals surface area contributed by atoms with Crippen LogP contribution in [0.15, 0.2) is 30.6 Å². The second-order valence-corrected chi connectivity index (χ2v) is 4.31. The first-order chi connectivity index (χ1) is 9.63. The number of aromatic amines is 1. The molecule has 7 nitrogen and oxygen atoms in total. The molecular formula is C13H12N6O. The van der Waals surface area contributed by atoms with Crippen LogP contribution in [0.1, 0.15) is 16.2 Å². The molecule has 20 heavy (non-hydrogen) atoms. The quantitative estimate of drug-likeness (QED) is 0.667. The molecule has 0 unspecified atom stereocenters. The van der Waals surface area contributed by atoms with E-state index in [2.05, 4.69) is 25.3 Å². The van der Waals surface area contributed by atoms with Gasteiger partial charge in [0.15, 0.2) is 11.5 Å². The fourth-order valence-electron chi connectivity index (χ4n) is 1.93. The van der Waals surface area contributed by atoms with Crippen molar-refractivity contribution in [1.29, 1.82) is 0 Å². The zero-order valence-corrected chi connectivity index (χ0v) is 10.7. The average Bonchev–Trinajstić information content (AvgIpc) is 2.80. The average molecular weight is 268 g/mol. The lowest BCUT2D eigenvalue weighted by Gasteiger charge is -2.06. The lowest BCUT2D eigenvalue weighted by atomic mass is 10.2. The summed E-state index contributed by atoms with van der Waals surface area (Å²) < 4.78 is 0. The maximum Gasteiger partial charge on any atom is 0.248 e. The van der Waals surface area contributed by atoms with Crippen LogP contribution in [-0.2, 0) is 0 Å². The van der Waals surface area contributed by atoms with Crippen LogP contribution >= 0.6 is 0 Å². The number of primary amides is 1. The fraction of sp³-hybridized carbons (Fsp3) is 0.0769. The Kier molecular flexibility index (Phi) is 2.79. The van der Waals surface area contributed by atoms with Gasteiger partial charge in [0, 0.05) is 11.3 Å². The molecule has 0 aliphatic carbocycles. The van der Waals surface area contributed by atoms with Gasteiger partial charge in [-0.1, -0.05) is 6.07 Å². The third-order valence-corrected chi connectivity index (χ3v) is 2.82. The van der Waals surface area contributed by atoms with Crippen LogP contribution < -0.4 is 11.1 Å². The van der Waals surface area contributed by atoms with Crippen molar-refractivity contribution in [2.24, 2.45) is 5.73 Å². The summed E-state index contributed by atoms with van der Waals surface area (Å²) in [6.07, 6.45) is 1.43. The lowest BCUT2D eigenvalue weighted by Crippen LogP contribution is -2.10. The van der Waals surface area contributed by atoms with Crippen molar-refractivity contribution >= 4 is 28.6 Å². The molecule has 0 fully saturated rings. The zero-order chi connectivity index (χ0) is 14.1. The normalized spacial score (nSPS) is 10.7. The third kappa shape index (κ3) is 2.16. The standard InChI is InChI=1S/C13H12N6O/c1-7-17-10-12(18-7)15-6-16-13(10)19-9-4-2-3-8(5-9)11(14)20/h2-6H,1H3,(H2,14,20)(H2,15,16,17,18,19). The van der Waals surface area contributed by atoms with Crippen molar-refractivity contribution in [2.45, 2.75) is 6.92 Å². The summed E-state index contributed by atoms with van der Waals surface area (Å²) in [5, 5.41) is 3.13. The van der Waals surface area contributed by atoms with Crippen LogP contribution in [0.5, 0.6) is 0 Å². The minimum Gasteiger partial charge on any atom is -0.366 e. The van der Waals surface area contributed by atoms with Gasteiger partial charge in [-0.3, -0.25) is 4.79 Å². The lowest BCUT2D eigenvalue weighted by molar-refractivity contribution is 0.100. The Hall–Kier alpha value is -2.96. The first-order valence-electron chi connectivity index (χ1n) is 5.97. The Balaban J connectivity index is 2.01. The molecule has 4 N–H and O–H groups in total. The number of nitrogens with one attached hydrogen (secondary N) is 2. The number of H-pyrrole nitrogens is 1. The number of nitrogens with zero attached hydrogens (tertiary/aromatic N) is 3. The number of carbonyl (C=O) groups is 1. The first-order valence-corrected chi connectivity index (χ1v) is 5.97. The van der Waals surface area contributed by atoms with E-state index in [1.54, 1.807) is 18.2 Å². The predicted molar refractivity (Wildman–Crippen MR) is 74.7 cm³/mol. The Morgan fingerprint density at radius 3 is 3.00 bits per heavy atom. The van der Waals surface area contributed by atoms with Gasteiger partial charge in [-0.2, -0.15) is 0 Å². The highest BCUT2D eigenvalue weighted by molar-refractivity contribution is 5.94. The molecule has 2 heterocycles. The summed E-state index contributed by atoms with van der Waals surface area (Å²) in [7, 11) is 0. The monoisotopic (exact) mass is 268 g/mol. The van der Waals surface area contributed by atoms with Crippen LogP contribution in [0, 0.1) is 6.92 Å². The summed E-state index contributed by atoms with van der Waals surface area (Å²) in [5.41, 5.74) is 7.72. The molecule has 0 radical (unpaired) electrons. The molecule has 3 rings (SSSR count). The van der Waals surface area contributed by atoms with Crippen LogP contribution in [0.3, 0.4) is 0 Å². The second kappa shape index (κ2) is 4.61. The molecule has 1 amide bonds. The first kappa shape index (κ1) is 12.1. The molecule has 7 heteroatoms. The molecule has 1 aromatic carbocycles. The van der Waals surface area contributed by atoms with Crippen molar-refractivity contribution in [3.63, 3.8) is 0 Å². The van der Waals surface area contributed by atoms with Crippen LogP contribution in [0.25, 0.3) is 11.2 Å². The van der Waals surface area contributed by atoms with E-state index in [0.29, 0.717) is 22.7 Å². The maximum absolute atomic E-state index is 11.2. The number of hydrogen-bond acceptors (Lipinski definition) is 5. The van der Waals surface area contributed by atoms with E-state index < -0.39 is 5.91 Å². The van der Waals surface area contributed by atoms with Crippen LogP contribution in [0.2, 0.25) is 0 Å². The van der Waals surface area contributed by atoms with Crippen LogP contribution in [0.4, 0.5) is 11.5 Å². The predicted octanol–water partition coefficient (Wildman–Crippen LogP) is 1.50. The molecule has 0 spiro atoms. The summed E-state index contributed by atoms with van der Waals surface area (Å²) in [6, 6.07) is 6.89. The smallest absolute Gasteiger partial charge is 0.248 e. The minimum absolute atomic E-state index is 0.432. The van der Waals surface area contributed by atoms with Gasteiger partial charge in [-0.25, -0.2) is 15.0 Å². The highest BCUT2D eigenvalue weighted by Crippen LogP contribution is 2.21. The zero-order valence-electron chi connectivity index (χ0n) is 10.7. The highest BCUT2D eigenvalue weighted by atomic mass is 16.1. The largest absolute Gasteiger partial charge is 0.366 e. The van der Waals surface area contributed by atoms with Crippen molar-refractivity contribution in [1.82, 2.24) is 19.9 Å². The van der Waals surface area contributed by atoms with Crippen molar-refractivity contribution in [3.05, 3.63) is 42.0 Å². The Morgan fingerprint density at radius 1 is 1.35 bits per heavy atom. The molecule has 0 aliphatic rings. The van der Waals surface area contributed by atoms with Gasteiger partial charge in [-0.05, 0) is 25.1 Å². The summed E-state index contributed by atoms with van der Waals surface area (Å²) >= 11 is 0. The van der Waals surface area contributed by atoms with Gasteiger partial charge < -0.3 is 16.0 Å². The van der Waals surface area contributed by atoms with Crippen LogP contribution in [-0.4, -0.2) is 25.8 Å². The maximum atomic E-state index is 11.2. The number of imidazole rings is 1. The molecule has 2 aromatic heterocycles. The van der Waals surface area contributed by atoms with Gasteiger partial charge in [0.1, 0.15) is 17.7 Å². The van der Waals surface area contributed by atoms with E-state index in [1.807, 2.05) is 13.0 Å². The highest BCUT2D eigenvalue weighted by Gasteiger charge is 2.08. The van der Waals surface area contributed by atoms with Gasteiger partial charge in [0.25, 0.3) is 0 Å². The van der Waals surface area contributed by atoms with E-state index in [1.165, 1.54) is 6.33 Å². The molecule has 100 valence electrons. The number of aryl methyl sites for hydroxylation is 1. The van der Waals surface area contributed by atoms with E-state index >= 15 is 0 Å². The molecule has 3 aromatic rings. The summed E-state index contributed by atoms with van der Waals surface area (Å²) in [5.74, 6) is 0.880. The Bertz CT molecular complexity index is 794. The molecular weight excluding hydrogens is 256 g/mol. The molecule has 0 saturated heterocycles. The number of nitrogens with two attached hydrogens (primary N) is 1. The van der Waals surface area contributed by atoms with Gasteiger partial charge in [0.2, 0.25) is 5.91 Å². The number of benzene rings is 1. The number of fused-ring (bicyclic) bond motifs is 1. The third-order valence-electron chi connectivity index (χ3n) is 2.82. The number of rotatable bonds is 3. The van der Waals surface area contributed by atoms with Crippen molar-refractivity contribution in [3.8, 4) is 0 Å². The molecule has 0 bridgehead atoms. The Labute approximate surface area is 114 Å². The topological polar surface area (TPSA) is 110 Å². The van der Waals surface area contributed by atoms with E-state index in [0.717, 1.165) is 11.3 Å². The number of amides is 1. The van der Waals surface area contributed by atoms with E-state index in [4.69, 9.17) is 5.73 Å². The summed E-state index contributed by atoms with van der Waals surface area (Å²) in [6.45, 7) is 1.85. The summed E-state index contributed by atoms with van der Waals surface area (Å²) in [4.78, 5) is 26.8. The number of carbonyl (C=O) groups excluding carboxylic acids is 1.